The van der Waals surface area contributed by atoms with Crippen molar-refractivity contribution in [2.75, 3.05) is 25.5 Å². The van der Waals surface area contributed by atoms with Crippen molar-refractivity contribution in [3.8, 4) is 5.75 Å². The predicted molar refractivity (Wildman–Crippen MR) is 128 cm³/mol. The van der Waals surface area contributed by atoms with Crippen molar-refractivity contribution in [1.29, 1.82) is 0 Å². The lowest BCUT2D eigenvalue weighted by molar-refractivity contribution is -0.116. The molecule has 0 bridgehead atoms. The van der Waals surface area contributed by atoms with E-state index in [1.54, 1.807) is 36.3 Å². The zero-order valence-electron chi connectivity index (χ0n) is 19.0. The molecule has 2 amide bonds. The number of nitrogens with zero attached hydrogens (tertiary/aromatic N) is 1. The number of benzene rings is 2. The summed E-state index contributed by atoms with van der Waals surface area (Å²) in [6, 6.07) is 14.9. The highest BCUT2D eigenvalue weighted by Gasteiger charge is 2.18. The Balaban J connectivity index is 1.62. The van der Waals surface area contributed by atoms with Gasteiger partial charge in [-0.05, 0) is 67.3 Å². The Hall–Kier alpha value is -2.86. The number of ether oxygens (including phenoxy) is 1. The fraction of sp³-hybridized carbons (Fsp3) is 0.462. The number of anilines is 1. The molecular formula is C26H35N3O3. The lowest BCUT2D eigenvalue weighted by Crippen LogP contribution is -2.32. The first kappa shape index (κ1) is 23.8. The molecule has 0 aliphatic heterocycles. The molecule has 2 aromatic carbocycles. The highest BCUT2D eigenvalue weighted by atomic mass is 16.5. The summed E-state index contributed by atoms with van der Waals surface area (Å²) in [5.74, 6) is 1.43. The number of carbonyl (C=O) groups is 2. The maximum atomic E-state index is 13.1. The highest BCUT2D eigenvalue weighted by molar-refractivity contribution is 5.94. The molecule has 0 atom stereocenters. The molecule has 0 saturated heterocycles. The van der Waals surface area contributed by atoms with Crippen molar-refractivity contribution in [2.45, 2.75) is 51.5 Å². The number of rotatable bonds is 11. The van der Waals surface area contributed by atoms with Crippen LogP contribution in [0.4, 0.5) is 5.69 Å². The summed E-state index contributed by atoms with van der Waals surface area (Å²) < 4.78 is 5.18. The van der Waals surface area contributed by atoms with Gasteiger partial charge in [0.25, 0.3) is 5.91 Å². The maximum absolute atomic E-state index is 13.1. The van der Waals surface area contributed by atoms with Gasteiger partial charge in [-0.3, -0.25) is 9.59 Å². The Labute approximate surface area is 191 Å². The first-order valence-electron chi connectivity index (χ1n) is 11.6. The van der Waals surface area contributed by atoms with E-state index in [-0.39, 0.29) is 11.8 Å². The van der Waals surface area contributed by atoms with Crippen LogP contribution in [0, 0.1) is 5.92 Å². The van der Waals surface area contributed by atoms with Crippen LogP contribution < -0.4 is 15.8 Å². The molecule has 6 nitrogen and oxygen atoms in total. The SMILES string of the molecule is COc1ccc(C(=O)N(CCCN)Cc2cccc(NC(=O)CCC3CCCC3)c2)cc1. The van der Waals surface area contributed by atoms with Gasteiger partial charge in [-0.2, -0.15) is 0 Å². The van der Waals surface area contributed by atoms with Gasteiger partial charge in [-0.1, -0.05) is 37.8 Å². The van der Waals surface area contributed by atoms with E-state index in [0.29, 0.717) is 43.3 Å². The van der Waals surface area contributed by atoms with Gasteiger partial charge >= 0.3 is 0 Å². The standard InChI is InChI=1S/C26H35N3O3/c1-32-24-13-11-22(12-14-24)26(31)29(17-5-16-27)19-21-8-4-9-23(18-21)28-25(30)15-10-20-6-2-3-7-20/h4,8-9,11-14,18,20H,2-3,5-7,10,15-17,19,27H2,1H3,(H,28,30). The van der Waals surface area contributed by atoms with Gasteiger partial charge < -0.3 is 20.7 Å². The van der Waals surface area contributed by atoms with Crippen LogP contribution in [-0.2, 0) is 11.3 Å². The van der Waals surface area contributed by atoms with Crippen molar-refractivity contribution in [3.63, 3.8) is 0 Å². The monoisotopic (exact) mass is 437 g/mol. The van der Waals surface area contributed by atoms with Crippen LogP contribution in [0.25, 0.3) is 0 Å². The highest BCUT2D eigenvalue weighted by Crippen LogP contribution is 2.28. The van der Waals surface area contributed by atoms with Crippen LogP contribution in [0.5, 0.6) is 5.75 Å². The van der Waals surface area contributed by atoms with Crippen molar-refractivity contribution >= 4 is 17.5 Å². The molecule has 1 aliphatic carbocycles. The third kappa shape index (κ3) is 7.09. The zero-order valence-corrected chi connectivity index (χ0v) is 19.0. The molecule has 32 heavy (non-hydrogen) atoms. The Morgan fingerprint density at radius 3 is 2.56 bits per heavy atom. The number of amides is 2. The van der Waals surface area contributed by atoms with Gasteiger partial charge in [0.15, 0.2) is 0 Å². The van der Waals surface area contributed by atoms with Crippen LogP contribution in [0.3, 0.4) is 0 Å². The van der Waals surface area contributed by atoms with Crippen molar-refractivity contribution in [3.05, 3.63) is 59.7 Å². The summed E-state index contributed by atoms with van der Waals surface area (Å²) in [4.78, 5) is 27.3. The third-order valence-electron chi connectivity index (χ3n) is 6.09. The quantitative estimate of drug-likeness (QED) is 0.538. The van der Waals surface area contributed by atoms with Crippen molar-refractivity contribution in [2.24, 2.45) is 11.7 Å². The lowest BCUT2D eigenvalue weighted by Gasteiger charge is -2.23. The molecule has 1 fully saturated rings. The predicted octanol–water partition coefficient (Wildman–Crippen LogP) is 4.60. The lowest BCUT2D eigenvalue weighted by atomic mass is 10.0. The Morgan fingerprint density at radius 2 is 1.88 bits per heavy atom. The van der Waals surface area contributed by atoms with Crippen LogP contribution in [-0.4, -0.2) is 36.9 Å². The summed E-state index contributed by atoms with van der Waals surface area (Å²) in [6.07, 6.45) is 7.35. The van der Waals surface area contributed by atoms with E-state index in [1.165, 1.54) is 25.7 Å². The largest absolute Gasteiger partial charge is 0.497 e. The van der Waals surface area contributed by atoms with E-state index >= 15 is 0 Å². The minimum atomic E-state index is -0.0490. The summed E-state index contributed by atoms with van der Waals surface area (Å²) in [5, 5.41) is 3.02. The average Bonchev–Trinajstić information content (AvgIpc) is 3.34. The molecule has 1 saturated carbocycles. The average molecular weight is 438 g/mol. The van der Waals surface area contributed by atoms with Gasteiger partial charge in [-0.15, -0.1) is 0 Å². The van der Waals surface area contributed by atoms with Gasteiger partial charge in [0, 0.05) is 30.8 Å². The number of hydrogen-bond acceptors (Lipinski definition) is 4. The summed E-state index contributed by atoms with van der Waals surface area (Å²) in [6.45, 7) is 1.54. The molecule has 0 aromatic heterocycles. The Bertz CT molecular complexity index is 876. The molecule has 2 aromatic rings. The molecule has 6 heteroatoms. The van der Waals surface area contributed by atoms with Gasteiger partial charge in [-0.25, -0.2) is 0 Å². The second kappa shape index (κ2) is 12.2. The van der Waals surface area contributed by atoms with E-state index in [0.717, 1.165) is 24.1 Å². The van der Waals surface area contributed by atoms with E-state index < -0.39 is 0 Å². The van der Waals surface area contributed by atoms with Crippen molar-refractivity contribution < 1.29 is 14.3 Å². The van der Waals surface area contributed by atoms with Crippen LogP contribution in [0.2, 0.25) is 0 Å². The second-order valence-electron chi connectivity index (χ2n) is 8.54. The number of nitrogens with one attached hydrogen (secondary N) is 1. The number of carbonyl (C=O) groups excluding carboxylic acids is 2. The molecule has 3 N–H and O–H groups in total. The molecule has 1 aliphatic rings. The summed E-state index contributed by atoms with van der Waals surface area (Å²) >= 11 is 0. The number of methoxy groups -OCH3 is 1. The Morgan fingerprint density at radius 1 is 1.12 bits per heavy atom. The smallest absolute Gasteiger partial charge is 0.254 e. The van der Waals surface area contributed by atoms with Crippen molar-refractivity contribution in [1.82, 2.24) is 4.90 Å². The molecule has 0 unspecified atom stereocenters. The molecule has 0 spiro atoms. The first-order chi connectivity index (χ1) is 15.6. The first-order valence-corrected chi connectivity index (χ1v) is 11.6. The van der Waals surface area contributed by atoms with E-state index in [1.807, 2.05) is 24.3 Å². The van der Waals surface area contributed by atoms with E-state index in [9.17, 15) is 9.59 Å². The Kier molecular flexibility index (Phi) is 9.11. The van der Waals surface area contributed by atoms with E-state index in [2.05, 4.69) is 5.32 Å². The molecule has 172 valence electrons. The van der Waals surface area contributed by atoms with E-state index in [4.69, 9.17) is 10.5 Å². The number of nitrogens with two attached hydrogens (primary N) is 1. The minimum Gasteiger partial charge on any atom is -0.497 e. The second-order valence-corrected chi connectivity index (χ2v) is 8.54. The third-order valence-corrected chi connectivity index (χ3v) is 6.09. The molecule has 0 heterocycles. The van der Waals surface area contributed by atoms with Gasteiger partial charge in [0.05, 0.1) is 7.11 Å². The fourth-order valence-corrected chi connectivity index (χ4v) is 4.28. The summed E-state index contributed by atoms with van der Waals surface area (Å²) in [7, 11) is 1.60. The minimum absolute atomic E-state index is 0.0490. The number of hydrogen-bond donors (Lipinski definition) is 2. The van der Waals surface area contributed by atoms with Gasteiger partial charge in [0.1, 0.15) is 5.75 Å². The zero-order chi connectivity index (χ0) is 22.8. The molecule has 3 rings (SSSR count). The van der Waals surface area contributed by atoms with Crippen LogP contribution >= 0.6 is 0 Å². The molecular weight excluding hydrogens is 402 g/mol. The van der Waals surface area contributed by atoms with Gasteiger partial charge in [0.2, 0.25) is 5.91 Å². The van der Waals surface area contributed by atoms with Crippen LogP contribution in [0.15, 0.2) is 48.5 Å². The maximum Gasteiger partial charge on any atom is 0.254 e. The summed E-state index contributed by atoms with van der Waals surface area (Å²) in [5.41, 5.74) is 8.05. The normalized spacial score (nSPS) is 13.7. The fourth-order valence-electron chi connectivity index (χ4n) is 4.28. The topological polar surface area (TPSA) is 84.7 Å². The van der Waals surface area contributed by atoms with Crippen LogP contribution in [0.1, 0.15) is 60.9 Å². The molecule has 0 radical (unpaired) electrons.